The van der Waals surface area contributed by atoms with Crippen LogP contribution in [0.3, 0.4) is 0 Å². The van der Waals surface area contributed by atoms with Crippen molar-refractivity contribution in [1.82, 2.24) is 19.7 Å². The molecule has 0 saturated carbocycles. The molecular weight excluding hydrogens is 320 g/mol. The average molecular weight is 342 g/mol. The van der Waals surface area contributed by atoms with Gasteiger partial charge in [0.15, 0.2) is 5.60 Å². The number of hydrogen-bond acceptors (Lipinski definition) is 6. The molecule has 7 nitrogen and oxygen atoms in total. The topological polar surface area (TPSA) is 75.2 Å². The Bertz CT molecular complexity index is 877. The molecule has 25 heavy (non-hydrogen) atoms. The van der Waals surface area contributed by atoms with Gasteiger partial charge in [0.2, 0.25) is 5.89 Å². The molecule has 3 aromatic rings. The zero-order valence-electron chi connectivity index (χ0n) is 14.7. The van der Waals surface area contributed by atoms with Crippen LogP contribution < -0.4 is 0 Å². The van der Waals surface area contributed by atoms with Gasteiger partial charge in [-0.25, -0.2) is 4.98 Å². The molecule has 0 amide bonds. The number of imidazole rings is 1. The minimum Gasteiger partial charge on any atom is -0.420 e. The molecule has 1 aliphatic heterocycles. The summed E-state index contributed by atoms with van der Waals surface area (Å²) in [7, 11) is 0. The zero-order valence-corrected chi connectivity index (χ0v) is 14.7. The van der Waals surface area contributed by atoms with Crippen LogP contribution in [0.25, 0.3) is 11.0 Å². The highest BCUT2D eigenvalue weighted by molar-refractivity contribution is 5.75. The van der Waals surface area contributed by atoms with Gasteiger partial charge in [0.05, 0.1) is 30.4 Å². The highest BCUT2D eigenvalue weighted by atomic mass is 16.6. The van der Waals surface area contributed by atoms with Crippen molar-refractivity contribution in [3.05, 3.63) is 41.9 Å². The normalized spacial score (nSPS) is 20.8. The zero-order chi connectivity index (χ0) is 17.4. The van der Waals surface area contributed by atoms with Gasteiger partial charge >= 0.3 is 0 Å². The summed E-state index contributed by atoms with van der Waals surface area (Å²) in [5, 5.41) is 8.49. The number of nitrogens with zero attached hydrogens (tertiary/aromatic N) is 4. The molecule has 1 saturated heterocycles. The van der Waals surface area contributed by atoms with Gasteiger partial charge < -0.3 is 18.5 Å². The summed E-state index contributed by atoms with van der Waals surface area (Å²) in [6.07, 6.45) is 0.775. The van der Waals surface area contributed by atoms with Gasteiger partial charge in [0, 0.05) is 6.42 Å². The Morgan fingerprint density at radius 1 is 1.28 bits per heavy atom. The summed E-state index contributed by atoms with van der Waals surface area (Å²) in [5.74, 6) is 1.95. The van der Waals surface area contributed by atoms with E-state index in [0.717, 1.165) is 23.3 Å². The van der Waals surface area contributed by atoms with E-state index >= 15 is 0 Å². The summed E-state index contributed by atoms with van der Waals surface area (Å²) in [4.78, 5) is 4.57. The fourth-order valence-corrected chi connectivity index (χ4v) is 3.34. The monoisotopic (exact) mass is 342 g/mol. The smallest absolute Gasteiger partial charge is 0.250 e. The maximum Gasteiger partial charge on any atom is 0.250 e. The third kappa shape index (κ3) is 2.94. The number of aryl methyl sites for hydroxylation is 1. The molecule has 7 heteroatoms. The van der Waals surface area contributed by atoms with Crippen molar-refractivity contribution >= 4 is 11.0 Å². The fourth-order valence-electron chi connectivity index (χ4n) is 3.34. The van der Waals surface area contributed by atoms with Crippen LogP contribution in [-0.4, -0.2) is 39.1 Å². The lowest BCUT2D eigenvalue weighted by Crippen LogP contribution is -2.33. The van der Waals surface area contributed by atoms with E-state index in [9.17, 15) is 0 Å². The van der Waals surface area contributed by atoms with Crippen LogP contribution in [0.1, 0.15) is 37.9 Å². The maximum absolute atomic E-state index is 6.09. The van der Waals surface area contributed by atoms with E-state index in [4.69, 9.17) is 13.9 Å². The second kappa shape index (κ2) is 6.24. The lowest BCUT2D eigenvalue weighted by atomic mass is 10.0. The quantitative estimate of drug-likeness (QED) is 0.710. The highest BCUT2D eigenvalue weighted by Crippen LogP contribution is 2.35. The largest absolute Gasteiger partial charge is 0.420 e. The van der Waals surface area contributed by atoms with E-state index < -0.39 is 5.60 Å². The van der Waals surface area contributed by atoms with Gasteiger partial charge in [-0.1, -0.05) is 12.1 Å². The number of para-hydroxylation sites is 2. The van der Waals surface area contributed by atoms with E-state index in [1.54, 1.807) is 0 Å². The number of ether oxygens (including phenoxy) is 2. The minimum atomic E-state index is -0.633. The molecule has 1 atom stereocenters. The van der Waals surface area contributed by atoms with E-state index in [1.807, 2.05) is 45.0 Å². The van der Waals surface area contributed by atoms with Crippen molar-refractivity contribution in [2.75, 3.05) is 13.2 Å². The lowest BCUT2D eigenvalue weighted by Gasteiger charge is -2.26. The Balaban J connectivity index is 1.64. The molecule has 0 radical (unpaired) electrons. The van der Waals surface area contributed by atoms with Crippen molar-refractivity contribution in [1.29, 1.82) is 0 Å². The van der Waals surface area contributed by atoms with Crippen molar-refractivity contribution in [2.24, 2.45) is 0 Å². The number of hydrogen-bond donors (Lipinski definition) is 0. The summed E-state index contributed by atoms with van der Waals surface area (Å²) in [6.45, 7) is 7.54. The standard InChI is InChI=1S/C18H22N4O3/c1-12(2)25-18(8-9-23-11-18)17-21-20-16(24-17)10-22-13(3)19-14-6-4-5-7-15(14)22/h4-7,12H,8-11H2,1-3H3. The third-order valence-electron chi connectivity index (χ3n) is 4.44. The van der Waals surface area contributed by atoms with Crippen molar-refractivity contribution in [2.45, 2.75) is 45.4 Å². The number of aromatic nitrogens is 4. The first-order chi connectivity index (χ1) is 12.1. The molecule has 3 heterocycles. The summed E-state index contributed by atoms with van der Waals surface area (Å²) in [6, 6.07) is 8.03. The number of fused-ring (bicyclic) bond motifs is 1. The van der Waals surface area contributed by atoms with E-state index in [1.165, 1.54) is 0 Å². The van der Waals surface area contributed by atoms with Gasteiger partial charge in [-0.05, 0) is 32.9 Å². The molecule has 0 aliphatic carbocycles. The SMILES string of the molecule is Cc1nc2ccccc2n1Cc1nnc(C2(OC(C)C)CCOC2)o1. The lowest BCUT2D eigenvalue weighted by molar-refractivity contribution is -0.103. The molecular formula is C18H22N4O3. The average Bonchev–Trinajstić information content (AvgIpc) is 3.28. The summed E-state index contributed by atoms with van der Waals surface area (Å²) >= 11 is 0. The Hall–Kier alpha value is -2.25. The summed E-state index contributed by atoms with van der Waals surface area (Å²) < 4.78 is 19.7. The molecule has 4 rings (SSSR count). The Kier molecular flexibility index (Phi) is 4.05. The predicted molar refractivity (Wildman–Crippen MR) is 91.2 cm³/mol. The number of rotatable bonds is 5. The third-order valence-corrected chi connectivity index (χ3v) is 4.44. The van der Waals surface area contributed by atoms with Crippen LogP contribution >= 0.6 is 0 Å². The molecule has 1 aromatic carbocycles. The van der Waals surface area contributed by atoms with Gasteiger partial charge in [0.1, 0.15) is 12.4 Å². The molecule has 0 N–H and O–H groups in total. The van der Waals surface area contributed by atoms with Crippen LogP contribution in [0.4, 0.5) is 0 Å². The van der Waals surface area contributed by atoms with E-state index in [2.05, 4.69) is 19.7 Å². The minimum absolute atomic E-state index is 0.0527. The molecule has 1 fully saturated rings. The molecule has 1 unspecified atom stereocenters. The van der Waals surface area contributed by atoms with Crippen LogP contribution in [0.15, 0.2) is 28.7 Å². The molecule has 2 aromatic heterocycles. The van der Waals surface area contributed by atoms with E-state index in [0.29, 0.717) is 31.5 Å². The van der Waals surface area contributed by atoms with Crippen LogP contribution in [-0.2, 0) is 21.6 Å². The van der Waals surface area contributed by atoms with Crippen molar-refractivity contribution in [3.8, 4) is 0 Å². The van der Waals surface area contributed by atoms with Crippen LogP contribution in [0, 0.1) is 6.92 Å². The van der Waals surface area contributed by atoms with Crippen molar-refractivity contribution < 1.29 is 13.9 Å². The molecule has 0 bridgehead atoms. The van der Waals surface area contributed by atoms with Gasteiger partial charge in [0.25, 0.3) is 5.89 Å². The van der Waals surface area contributed by atoms with Gasteiger partial charge in [-0.2, -0.15) is 0 Å². The first kappa shape index (κ1) is 16.2. The molecule has 0 spiro atoms. The van der Waals surface area contributed by atoms with Gasteiger partial charge in [-0.3, -0.25) is 0 Å². The Morgan fingerprint density at radius 2 is 2.12 bits per heavy atom. The van der Waals surface area contributed by atoms with Crippen LogP contribution in [0.5, 0.6) is 0 Å². The first-order valence-corrected chi connectivity index (χ1v) is 8.58. The molecule has 1 aliphatic rings. The first-order valence-electron chi connectivity index (χ1n) is 8.58. The second-order valence-corrected chi connectivity index (χ2v) is 6.70. The fraction of sp³-hybridized carbons (Fsp3) is 0.500. The predicted octanol–water partition coefficient (Wildman–Crippen LogP) is 2.82. The van der Waals surface area contributed by atoms with Crippen molar-refractivity contribution in [3.63, 3.8) is 0 Å². The van der Waals surface area contributed by atoms with E-state index in [-0.39, 0.29) is 6.10 Å². The maximum atomic E-state index is 6.09. The van der Waals surface area contributed by atoms with Gasteiger partial charge in [-0.15, -0.1) is 10.2 Å². The number of benzene rings is 1. The Morgan fingerprint density at radius 3 is 2.88 bits per heavy atom. The van der Waals surface area contributed by atoms with Crippen LogP contribution in [0.2, 0.25) is 0 Å². The second-order valence-electron chi connectivity index (χ2n) is 6.70. The molecule has 132 valence electrons. The summed E-state index contributed by atoms with van der Waals surface area (Å²) in [5.41, 5.74) is 1.38. The Labute approximate surface area is 146 Å². The highest BCUT2D eigenvalue weighted by Gasteiger charge is 2.44.